The van der Waals surface area contributed by atoms with Crippen molar-refractivity contribution in [3.05, 3.63) is 46.2 Å². The van der Waals surface area contributed by atoms with Crippen LogP contribution in [0.4, 0.5) is 5.69 Å². The summed E-state index contributed by atoms with van der Waals surface area (Å²) in [4.78, 5) is 14.5. The summed E-state index contributed by atoms with van der Waals surface area (Å²) in [5.41, 5.74) is 7.59. The summed E-state index contributed by atoms with van der Waals surface area (Å²) >= 11 is 3.55. The number of rotatable bonds is 5. The fraction of sp³-hybridized carbons (Fsp3) is 0.333. The maximum absolute atomic E-state index is 12.7. The predicted octanol–water partition coefficient (Wildman–Crippen LogP) is 3.37. The van der Waals surface area contributed by atoms with Crippen LogP contribution in [0.15, 0.2) is 34.9 Å². The van der Waals surface area contributed by atoms with Crippen LogP contribution in [0.5, 0.6) is 0 Å². The van der Waals surface area contributed by atoms with Gasteiger partial charge in [0.25, 0.3) is 5.91 Å². The second-order valence-electron chi connectivity index (χ2n) is 4.90. The molecule has 0 aliphatic heterocycles. The highest BCUT2D eigenvalue weighted by Crippen LogP contribution is 2.29. The molecule has 0 radical (unpaired) electrons. The highest BCUT2D eigenvalue weighted by molar-refractivity contribution is 9.10. The van der Waals surface area contributed by atoms with Gasteiger partial charge in [-0.3, -0.25) is 9.89 Å². The molecule has 0 aliphatic carbocycles. The van der Waals surface area contributed by atoms with Crippen LogP contribution in [-0.2, 0) is 0 Å². The van der Waals surface area contributed by atoms with Crippen molar-refractivity contribution in [1.82, 2.24) is 15.1 Å². The number of carbonyl (C=O) groups is 1. The minimum atomic E-state index is -0.130. The van der Waals surface area contributed by atoms with Crippen molar-refractivity contribution in [3.63, 3.8) is 0 Å². The third-order valence-electron chi connectivity index (χ3n) is 3.43. The molecule has 0 fully saturated rings. The van der Waals surface area contributed by atoms with Gasteiger partial charge in [0.15, 0.2) is 0 Å². The van der Waals surface area contributed by atoms with Gasteiger partial charge in [-0.05, 0) is 25.0 Å². The third-order valence-corrected chi connectivity index (χ3v) is 4.15. The molecule has 0 saturated carbocycles. The summed E-state index contributed by atoms with van der Waals surface area (Å²) in [6.45, 7) is 4.71. The van der Waals surface area contributed by atoms with Crippen molar-refractivity contribution in [3.8, 4) is 0 Å². The number of halogens is 1. The Morgan fingerprint density at radius 2 is 2.19 bits per heavy atom. The van der Waals surface area contributed by atoms with Crippen LogP contribution in [0.3, 0.4) is 0 Å². The maximum Gasteiger partial charge on any atom is 0.274 e. The Kier molecular flexibility index (Phi) is 5.01. The highest BCUT2D eigenvalue weighted by atomic mass is 79.9. The predicted molar refractivity (Wildman–Crippen MR) is 86.9 cm³/mol. The number of H-pyrrole nitrogens is 1. The quantitative estimate of drug-likeness (QED) is 0.867. The normalized spacial score (nSPS) is 12.1. The van der Waals surface area contributed by atoms with Crippen molar-refractivity contribution in [2.24, 2.45) is 0 Å². The summed E-state index contributed by atoms with van der Waals surface area (Å²) in [6, 6.07) is 7.86. The Balaban J connectivity index is 2.33. The zero-order valence-electron chi connectivity index (χ0n) is 12.1. The first-order chi connectivity index (χ1) is 10.1. The van der Waals surface area contributed by atoms with Gasteiger partial charge in [0.2, 0.25) is 0 Å². The molecule has 1 aromatic heterocycles. The molecule has 1 amide bonds. The van der Waals surface area contributed by atoms with Crippen molar-refractivity contribution >= 4 is 27.5 Å². The number of amides is 1. The van der Waals surface area contributed by atoms with E-state index in [-0.39, 0.29) is 11.9 Å². The first kappa shape index (κ1) is 15.6. The molecule has 2 rings (SSSR count). The zero-order valence-corrected chi connectivity index (χ0v) is 13.7. The Labute approximate surface area is 132 Å². The van der Waals surface area contributed by atoms with E-state index in [2.05, 4.69) is 26.1 Å². The number of hydrogen-bond donors (Lipinski definition) is 2. The zero-order chi connectivity index (χ0) is 15.4. The number of aromatic nitrogens is 2. The fourth-order valence-electron chi connectivity index (χ4n) is 2.30. The van der Waals surface area contributed by atoms with E-state index in [4.69, 9.17) is 5.73 Å². The molecule has 2 aromatic rings. The first-order valence-corrected chi connectivity index (χ1v) is 7.69. The van der Waals surface area contributed by atoms with Crippen molar-refractivity contribution in [2.75, 3.05) is 12.3 Å². The van der Waals surface area contributed by atoms with Crippen molar-refractivity contribution < 1.29 is 4.79 Å². The Hall–Kier alpha value is -1.82. The lowest BCUT2D eigenvalue weighted by Gasteiger charge is -2.29. The number of benzene rings is 1. The Bertz CT molecular complexity index is 626. The van der Waals surface area contributed by atoms with Crippen LogP contribution < -0.4 is 5.73 Å². The lowest BCUT2D eigenvalue weighted by Crippen LogP contribution is -2.35. The van der Waals surface area contributed by atoms with E-state index in [0.29, 0.717) is 17.9 Å². The number of carbonyl (C=O) groups excluding carboxylic acids is 1. The first-order valence-electron chi connectivity index (χ1n) is 6.90. The molecule has 0 aliphatic rings. The number of nitrogens with one attached hydrogen (secondary N) is 1. The highest BCUT2D eigenvalue weighted by Gasteiger charge is 2.25. The van der Waals surface area contributed by atoms with E-state index in [1.807, 2.05) is 43.0 Å². The van der Waals surface area contributed by atoms with Crippen LogP contribution in [0, 0.1) is 0 Å². The monoisotopic (exact) mass is 350 g/mol. The van der Waals surface area contributed by atoms with Gasteiger partial charge in [0.05, 0.1) is 17.9 Å². The van der Waals surface area contributed by atoms with E-state index < -0.39 is 0 Å². The van der Waals surface area contributed by atoms with Crippen LogP contribution in [0.25, 0.3) is 0 Å². The average Bonchev–Trinajstić information content (AvgIpc) is 2.90. The van der Waals surface area contributed by atoms with Gasteiger partial charge in [-0.1, -0.05) is 41.1 Å². The molecule has 5 nitrogen and oxygen atoms in total. The number of nitrogens with zero attached hydrogens (tertiary/aromatic N) is 2. The fourth-order valence-corrected chi connectivity index (χ4v) is 2.92. The number of nitrogens with two attached hydrogens (primary N) is 1. The SMILES string of the molecule is CCCN(C(=O)c1[nH]ncc1N)C(C)c1ccccc1Br. The van der Waals surface area contributed by atoms with E-state index in [1.165, 1.54) is 6.20 Å². The molecular weight excluding hydrogens is 332 g/mol. The van der Waals surface area contributed by atoms with Crippen LogP contribution in [0.1, 0.15) is 42.4 Å². The molecule has 1 atom stereocenters. The molecule has 1 unspecified atom stereocenters. The summed E-state index contributed by atoms with van der Waals surface area (Å²) in [5, 5.41) is 6.52. The third kappa shape index (κ3) is 3.26. The molecular formula is C15H19BrN4O. The second kappa shape index (κ2) is 6.76. The van der Waals surface area contributed by atoms with Crippen LogP contribution >= 0.6 is 15.9 Å². The molecule has 0 spiro atoms. The summed E-state index contributed by atoms with van der Waals surface area (Å²) in [6.07, 6.45) is 2.33. The largest absolute Gasteiger partial charge is 0.396 e. The molecule has 3 N–H and O–H groups in total. The molecule has 0 bridgehead atoms. The molecule has 1 aromatic carbocycles. The molecule has 1 heterocycles. The summed E-state index contributed by atoms with van der Waals surface area (Å²) in [7, 11) is 0. The van der Waals surface area contributed by atoms with Gasteiger partial charge in [-0.25, -0.2) is 0 Å². The molecule has 112 valence electrons. The van der Waals surface area contributed by atoms with Crippen molar-refractivity contribution in [2.45, 2.75) is 26.3 Å². The number of aromatic amines is 1. The van der Waals surface area contributed by atoms with E-state index in [9.17, 15) is 4.79 Å². The number of hydrogen-bond acceptors (Lipinski definition) is 3. The lowest BCUT2D eigenvalue weighted by atomic mass is 10.1. The van der Waals surface area contributed by atoms with Gasteiger partial charge in [-0.15, -0.1) is 0 Å². The van der Waals surface area contributed by atoms with Gasteiger partial charge < -0.3 is 10.6 Å². The van der Waals surface area contributed by atoms with Crippen LogP contribution in [0.2, 0.25) is 0 Å². The second-order valence-corrected chi connectivity index (χ2v) is 5.75. The Morgan fingerprint density at radius 1 is 1.48 bits per heavy atom. The molecule has 6 heteroatoms. The van der Waals surface area contributed by atoms with Crippen LogP contribution in [-0.4, -0.2) is 27.5 Å². The van der Waals surface area contributed by atoms with Gasteiger partial charge in [-0.2, -0.15) is 5.10 Å². The summed E-state index contributed by atoms with van der Waals surface area (Å²) in [5.74, 6) is -0.130. The minimum Gasteiger partial charge on any atom is -0.396 e. The van der Waals surface area contributed by atoms with Gasteiger partial charge >= 0.3 is 0 Å². The molecule has 21 heavy (non-hydrogen) atoms. The standard InChI is InChI=1S/C15H19BrN4O/c1-3-8-20(15(21)14-13(17)9-18-19-14)10(2)11-6-4-5-7-12(11)16/h4-7,9-10H,3,8,17H2,1-2H3,(H,18,19). The van der Waals surface area contributed by atoms with Crippen molar-refractivity contribution in [1.29, 1.82) is 0 Å². The Morgan fingerprint density at radius 3 is 2.76 bits per heavy atom. The van der Waals surface area contributed by atoms with Gasteiger partial charge in [0.1, 0.15) is 5.69 Å². The lowest BCUT2D eigenvalue weighted by molar-refractivity contribution is 0.0685. The van der Waals surface area contributed by atoms with E-state index in [1.54, 1.807) is 0 Å². The minimum absolute atomic E-state index is 0.0595. The number of nitrogen functional groups attached to an aromatic ring is 1. The van der Waals surface area contributed by atoms with E-state index in [0.717, 1.165) is 16.5 Å². The number of anilines is 1. The smallest absolute Gasteiger partial charge is 0.274 e. The van der Waals surface area contributed by atoms with E-state index >= 15 is 0 Å². The average molecular weight is 351 g/mol. The van der Waals surface area contributed by atoms with Gasteiger partial charge in [0, 0.05) is 11.0 Å². The maximum atomic E-state index is 12.7. The topological polar surface area (TPSA) is 75.0 Å². The summed E-state index contributed by atoms with van der Waals surface area (Å²) < 4.78 is 0.990. The molecule has 0 saturated heterocycles.